The Bertz CT molecular complexity index is 607. The van der Waals surface area contributed by atoms with Crippen LogP contribution in [0.4, 0.5) is 0 Å². The highest BCUT2D eigenvalue weighted by Gasteiger charge is 2.61. The molecule has 9 atom stereocenters. The second-order valence-corrected chi connectivity index (χ2v) is 12.7. The molecule has 0 bridgehead atoms. The first kappa shape index (κ1) is 21.9. The minimum atomic E-state index is -0.235. The first-order chi connectivity index (χ1) is 13.7. The average Bonchev–Trinajstić information content (AvgIpc) is 3.02. The first-order valence-corrected chi connectivity index (χ1v) is 13.0. The Morgan fingerprint density at radius 2 is 1.59 bits per heavy atom. The molecular formula is C28H48O. The number of aliphatic hydroxyl groups excluding tert-OH is 1. The maximum atomic E-state index is 10.4. The Labute approximate surface area is 181 Å². The van der Waals surface area contributed by atoms with E-state index in [2.05, 4.69) is 41.2 Å². The van der Waals surface area contributed by atoms with E-state index in [-0.39, 0.29) is 6.10 Å². The second-order valence-electron chi connectivity index (χ2n) is 12.7. The molecule has 0 spiro atoms. The molecule has 0 aliphatic heterocycles. The van der Waals surface area contributed by atoms with Gasteiger partial charge in [0.05, 0.1) is 6.10 Å². The van der Waals surface area contributed by atoms with Gasteiger partial charge in [-0.3, -0.25) is 0 Å². The van der Waals surface area contributed by atoms with E-state index in [0.717, 1.165) is 41.9 Å². The summed E-state index contributed by atoms with van der Waals surface area (Å²) in [6.45, 7) is 17.0. The van der Waals surface area contributed by atoms with Crippen LogP contribution in [0.1, 0.15) is 105 Å². The van der Waals surface area contributed by atoms with Gasteiger partial charge in [0.2, 0.25) is 0 Å². The van der Waals surface area contributed by atoms with Gasteiger partial charge in [0.1, 0.15) is 0 Å². The maximum absolute atomic E-state index is 10.4. The fourth-order valence-corrected chi connectivity index (χ4v) is 9.31. The largest absolute Gasteiger partial charge is 0.389 e. The summed E-state index contributed by atoms with van der Waals surface area (Å²) in [4.78, 5) is 0. The van der Waals surface area contributed by atoms with Crippen molar-refractivity contribution in [3.05, 3.63) is 12.2 Å². The standard InChI is InChI=1S/C28H48O/c1-18(2)8-7-9-19(3)22-12-13-24-21-10-11-23-20(4)26(29)15-17-28(23,6)25(21)14-16-27(22,24)5/h18-19,21-26,29H,4,7-17H2,1-3,5-6H3. The number of hydrogen-bond donors (Lipinski definition) is 1. The van der Waals surface area contributed by atoms with Crippen LogP contribution in [0.3, 0.4) is 0 Å². The first-order valence-electron chi connectivity index (χ1n) is 13.0. The highest BCUT2D eigenvalue weighted by molar-refractivity contribution is 5.20. The van der Waals surface area contributed by atoms with E-state index in [1.165, 1.54) is 69.8 Å². The van der Waals surface area contributed by atoms with Crippen LogP contribution in [-0.2, 0) is 0 Å². The summed E-state index contributed by atoms with van der Waals surface area (Å²) in [5.41, 5.74) is 2.17. The SMILES string of the molecule is C=C1C(O)CCC2(C)C1CCC1C2CCC2(C)C(C(C)CCCC(C)C)CCC12. The lowest BCUT2D eigenvalue weighted by molar-refractivity contribution is -0.111. The van der Waals surface area contributed by atoms with Crippen molar-refractivity contribution in [2.75, 3.05) is 0 Å². The van der Waals surface area contributed by atoms with Crippen molar-refractivity contribution in [2.45, 2.75) is 111 Å². The third-order valence-electron chi connectivity index (χ3n) is 10.9. The molecule has 4 aliphatic rings. The third-order valence-corrected chi connectivity index (χ3v) is 10.9. The van der Waals surface area contributed by atoms with Crippen molar-refractivity contribution in [1.82, 2.24) is 0 Å². The lowest BCUT2D eigenvalue weighted by atomic mass is 9.44. The van der Waals surface area contributed by atoms with Crippen LogP contribution in [0.5, 0.6) is 0 Å². The van der Waals surface area contributed by atoms with Gasteiger partial charge in [-0.2, -0.15) is 0 Å². The van der Waals surface area contributed by atoms with Crippen LogP contribution >= 0.6 is 0 Å². The molecule has 0 aromatic carbocycles. The zero-order valence-corrected chi connectivity index (χ0v) is 20.1. The zero-order valence-electron chi connectivity index (χ0n) is 20.1. The topological polar surface area (TPSA) is 20.2 Å². The molecule has 4 rings (SSSR count). The van der Waals surface area contributed by atoms with Gasteiger partial charge in [-0.25, -0.2) is 0 Å². The van der Waals surface area contributed by atoms with Crippen LogP contribution in [0.25, 0.3) is 0 Å². The third kappa shape index (κ3) is 3.56. The van der Waals surface area contributed by atoms with Crippen molar-refractivity contribution in [2.24, 2.45) is 52.3 Å². The van der Waals surface area contributed by atoms with Gasteiger partial charge in [0.15, 0.2) is 0 Å². The highest BCUT2D eigenvalue weighted by Crippen LogP contribution is 2.68. The Kier molecular flexibility index (Phi) is 6.04. The summed E-state index contributed by atoms with van der Waals surface area (Å²) in [5.74, 6) is 6.04. The normalized spacial score (nSPS) is 48.2. The molecule has 0 amide bonds. The Morgan fingerprint density at radius 1 is 0.897 bits per heavy atom. The van der Waals surface area contributed by atoms with E-state index >= 15 is 0 Å². The summed E-state index contributed by atoms with van der Waals surface area (Å²) in [6.07, 6.45) is 14.7. The Balaban J connectivity index is 1.48. The Hall–Kier alpha value is -0.300. The van der Waals surface area contributed by atoms with Gasteiger partial charge in [-0.15, -0.1) is 0 Å². The van der Waals surface area contributed by atoms with Crippen molar-refractivity contribution in [1.29, 1.82) is 0 Å². The van der Waals surface area contributed by atoms with Crippen LogP contribution in [0.15, 0.2) is 12.2 Å². The molecule has 0 aromatic rings. The molecule has 0 heterocycles. The highest BCUT2D eigenvalue weighted by atomic mass is 16.3. The molecule has 0 aromatic heterocycles. The molecule has 0 radical (unpaired) electrons. The summed E-state index contributed by atoms with van der Waals surface area (Å²) in [6, 6.07) is 0. The number of fused-ring (bicyclic) bond motifs is 5. The quantitative estimate of drug-likeness (QED) is 0.470. The Morgan fingerprint density at radius 3 is 2.31 bits per heavy atom. The number of hydrogen-bond acceptors (Lipinski definition) is 1. The lowest BCUT2D eigenvalue weighted by Crippen LogP contribution is -2.54. The predicted molar refractivity (Wildman–Crippen MR) is 124 cm³/mol. The fraction of sp³-hybridized carbons (Fsp3) is 0.929. The fourth-order valence-electron chi connectivity index (χ4n) is 9.31. The van der Waals surface area contributed by atoms with E-state index in [4.69, 9.17) is 0 Å². The average molecular weight is 401 g/mol. The molecule has 4 fully saturated rings. The van der Waals surface area contributed by atoms with E-state index in [1.54, 1.807) is 0 Å². The predicted octanol–water partition coefficient (Wildman–Crippen LogP) is 7.63. The van der Waals surface area contributed by atoms with Gasteiger partial charge in [-0.1, -0.05) is 60.5 Å². The smallest absolute Gasteiger partial charge is 0.0750 e. The van der Waals surface area contributed by atoms with Crippen LogP contribution < -0.4 is 0 Å². The molecule has 4 saturated carbocycles. The summed E-state index contributed by atoms with van der Waals surface area (Å²) in [7, 11) is 0. The van der Waals surface area contributed by atoms with Crippen molar-refractivity contribution >= 4 is 0 Å². The molecule has 1 N–H and O–H groups in total. The van der Waals surface area contributed by atoms with E-state index in [1.807, 2.05) is 0 Å². The van der Waals surface area contributed by atoms with E-state index in [9.17, 15) is 5.11 Å². The van der Waals surface area contributed by atoms with Crippen molar-refractivity contribution < 1.29 is 5.11 Å². The minimum Gasteiger partial charge on any atom is -0.389 e. The summed E-state index contributed by atoms with van der Waals surface area (Å²) < 4.78 is 0. The van der Waals surface area contributed by atoms with Gasteiger partial charge >= 0.3 is 0 Å². The molecule has 29 heavy (non-hydrogen) atoms. The molecule has 1 nitrogen and oxygen atoms in total. The van der Waals surface area contributed by atoms with Crippen LogP contribution in [0.2, 0.25) is 0 Å². The summed E-state index contributed by atoms with van der Waals surface area (Å²) in [5, 5.41) is 10.4. The van der Waals surface area contributed by atoms with Gasteiger partial charge in [-0.05, 0) is 109 Å². The van der Waals surface area contributed by atoms with Gasteiger partial charge in [0.25, 0.3) is 0 Å². The van der Waals surface area contributed by atoms with Crippen molar-refractivity contribution in [3.63, 3.8) is 0 Å². The molecule has 1 heteroatoms. The monoisotopic (exact) mass is 400 g/mol. The molecular weight excluding hydrogens is 352 g/mol. The van der Waals surface area contributed by atoms with Gasteiger partial charge < -0.3 is 5.11 Å². The molecule has 9 unspecified atom stereocenters. The second kappa shape index (κ2) is 7.99. The molecule has 0 saturated heterocycles. The van der Waals surface area contributed by atoms with Gasteiger partial charge in [0, 0.05) is 0 Å². The maximum Gasteiger partial charge on any atom is 0.0750 e. The molecule has 166 valence electrons. The number of rotatable bonds is 5. The summed E-state index contributed by atoms with van der Waals surface area (Å²) >= 11 is 0. The zero-order chi connectivity index (χ0) is 21.0. The minimum absolute atomic E-state index is 0.235. The van der Waals surface area contributed by atoms with Crippen molar-refractivity contribution in [3.8, 4) is 0 Å². The number of aliphatic hydroxyl groups is 1. The molecule has 4 aliphatic carbocycles. The lowest BCUT2D eigenvalue weighted by Gasteiger charge is -2.61. The van der Waals surface area contributed by atoms with Crippen LogP contribution in [-0.4, -0.2) is 11.2 Å². The van der Waals surface area contributed by atoms with E-state index < -0.39 is 0 Å². The van der Waals surface area contributed by atoms with Crippen LogP contribution in [0, 0.1) is 52.3 Å². The van der Waals surface area contributed by atoms with E-state index in [0.29, 0.717) is 16.7 Å².